The summed E-state index contributed by atoms with van der Waals surface area (Å²) in [6.45, 7) is 5.23. The monoisotopic (exact) mass is 411 g/mol. The Hall–Kier alpha value is -1.61. The number of allylic oxidation sites excluding steroid dienone is 2. The first-order chi connectivity index (χ1) is 13.8. The number of ketones is 1. The van der Waals surface area contributed by atoms with E-state index in [2.05, 4.69) is 19.9 Å². The fourth-order valence-electron chi connectivity index (χ4n) is 7.16. The first-order valence-electron chi connectivity index (χ1n) is 11.1. The van der Waals surface area contributed by atoms with E-state index in [4.69, 9.17) is 11.6 Å². The summed E-state index contributed by atoms with van der Waals surface area (Å²) >= 11 is 6.04. The zero-order chi connectivity index (χ0) is 20.4. The number of fused-ring (bicyclic) bond motifs is 5. The smallest absolute Gasteiger partial charge is 0.227 e. The van der Waals surface area contributed by atoms with Crippen molar-refractivity contribution in [2.75, 3.05) is 0 Å². The van der Waals surface area contributed by atoms with Gasteiger partial charge in [-0.2, -0.15) is 0 Å². The Morgan fingerprint density at radius 3 is 2.48 bits per heavy atom. The fraction of sp³-hybridized carbons (Fsp3) is 0.600. The number of nitrogens with zero attached hydrogens (tertiary/aromatic N) is 1. The van der Waals surface area contributed by atoms with E-state index in [0.717, 1.165) is 49.1 Å². The van der Waals surface area contributed by atoms with E-state index in [-0.39, 0.29) is 16.7 Å². The molecular weight excluding hydrogens is 382 g/mol. The lowest BCUT2D eigenvalue weighted by Gasteiger charge is -2.57. The van der Waals surface area contributed by atoms with Crippen LogP contribution in [0.25, 0.3) is 0 Å². The highest BCUT2D eigenvalue weighted by Gasteiger charge is 2.59. The third-order valence-electron chi connectivity index (χ3n) is 8.84. The van der Waals surface area contributed by atoms with Gasteiger partial charge in [-0.3, -0.25) is 9.59 Å². The average Bonchev–Trinajstić information content (AvgIpc) is 3.01. The molecule has 1 aromatic carbocycles. The summed E-state index contributed by atoms with van der Waals surface area (Å²) < 4.78 is 0. The minimum absolute atomic E-state index is 0.0379. The normalized spacial score (nSPS) is 38.9. The van der Waals surface area contributed by atoms with Gasteiger partial charge in [-0.05, 0) is 67.6 Å². The number of carbonyl (C=O) groups is 2. The van der Waals surface area contributed by atoms with E-state index in [1.807, 2.05) is 29.2 Å². The quantitative estimate of drug-likeness (QED) is 0.619. The first kappa shape index (κ1) is 19.4. The number of piperidine rings is 1. The number of amides is 1. The maximum Gasteiger partial charge on any atom is 0.227 e. The van der Waals surface area contributed by atoms with Crippen LogP contribution >= 0.6 is 11.6 Å². The average molecular weight is 412 g/mol. The highest BCUT2D eigenvalue weighted by Crippen LogP contribution is 2.63. The first-order valence-corrected chi connectivity index (χ1v) is 11.5. The molecule has 0 spiro atoms. The number of carbonyl (C=O) groups excluding carboxylic acids is 2. The summed E-state index contributed by atoms with van der Waals surface area (Å²) in [7, 11) is 0. The van der Waals surface area contributed by atoms with Crippen molar-refractivity contribution in [3.8, 4) is 0 Å². The van der Waals surface area contributed by atoms with Crippen LogP contribution in [0, 0.1) is 28.6 Å². The van der Waals surface area contributed by atoms with Crippen LogP contribution in [0.15, 0.2) is 36.0 Å². The van der Waals surface area contributed by atoms with Gasteiger partial charge in [0.2, 0.25) is 5.91 Å². The van der Waals surface area contributed by atoms with Crippen molar-refractivity contribution >= 4 is 23.3 Å². The van der Waals surface area contributed by atoms with Gasteiger partial charge < -0.3 is 4.90 Å². The fourth-order valence-corrected chi connectivity index (χ4v) is 7.29. The van der Waals surface area contributed by atoms with E-state index < -0.39 is 0 Å². The maximum atomic E-state index is 12.9. The van der Waals surface area contributed by atoms with E-state index in [1.54, 1.807) is 0 Å². The van der Waals surface area contributed by atoms with Crippen molar-refractivity contribution < 1.29 is 9.59 Å². The summed E-state index contributed by atoms with van der Waals surface area (Å²) in [5.74, 6) is 2.40. The molecular formula is C25H30ClNO2. The maximum absolute atomic E-state index is 12.9. The number of hydrogen-bond acceptors (Lipinski definition) is 2. The number of likely N-dealkylation sites (tertiary alicyclic amines) is 1. The van der Waals surface area contributed by atoms with Gasteiger partial charge in [0, 0.05) is 34.4 Å². The molecule has 3 nitrogen and oxygen atoms in total. The molecule has 1 heterocycles. The Morgan fingerprint density at radius 1 is 1.00 bits per heavy atom. The Kier molecular flexibility index (Phi) is 4.47. The van der Waals surface area contributed by atoms with Gasteiger partial charge in [0.25, 0.3) is 0 Å². The lowest BCUT2D eigenvalue weighted by atomic mass is 9.50. The zero-order valence-corrected chi connectivity index (χ0v) is 18.2. The van der Waals surface area contributed by atoms with Gasteiger partial charge >= 0.3 is 0 Å². The lowest BCUT2D eigenvalue weighted by Crippen LogP contribution is -2.54. The SMILES string of the molecule is C[C@]12CCC(=O)N(Cc3ccc(Cl)cc3)C1=CC[C@@H]1C2CC[C@]2(C)C(=O)CC[C@@H]12. The molecule has 1 amide bonds. The van der Waals surface area contributed by atoms with Crippen LogP contribution in [0.2, 0.25) is 5.02 Å². The molecule has 0 aromatic heterocycles. The number of halogens is 1. The van der Waals surface area contributed by atoms with Crippen molar-refractivity contribution in [3.05, 3.63) is 46.6 Å². The Morgan fingerprint density at radius 2 is 1.72 bits per heavy atom. The van der Waals surface area contributed by atoms with Crippen molar-refractivity contribution in [1.29, 1.82) is 0 Å². The minimum atomic E-state index is -0.101. The summed E-state index contributed by atoms with van der Waals surface area (Å²) in [5, 5.41) is 0.722. The lowest BCUT2D eigenvalue weighted by molar-refractivity contribution is -0.139. The van der Waals surface area contributed by atoms with Crippen molar-refractivity contribution in [2.45, 2.75) is 65.3 Å². The van der Waals surface area contributed by atoms with Gasteiger partial charge in [0.05, 0.1) is 6.54 Å². The highest BCUT2D eigenvalue weighted by atomic mass is 35.5. The molecule has 5 rings (SSSR count). The van der Waals surface area contributed by atoms with Crippen LogP contribution in [0.3, 0.4) is 0 Å². The van der Waals surface area contributed by atoms with Crippen molar-refractivity contribution in [3.63, 3.8) is 0 Å². The van der Waals surface area contributed by atoms with Gasteiger partial charge in [-0.25, -0.2) is 0 Å². The molecule has 5 atom stereocenters. The predicted molar refractivity (Wildman–Crippen MR) is 114 cm³/mol. The molecule has 0 bridgehead atoms. The molecule has 29 heavy (non-hydrogen) atoms. The van der Waals surface area contributed by atoms with E-state index in [9.17, 15) is 9.59 Å². The topological polar surface area (TPSA) is 37.4 Å². The van der Waals surface area contributed by atoms with Gasteiger partial charge in [-0.1, -0.05) is 43.7 Å². The van der Waals surface area contributed by atoms with Gasteiger partial charge in [-0.15, -0.1) is 0 Å². The molecule has 4 heteroatoms. The van der Waals surface area contributed by atoms with Crippen LogP contribution in [0.5, 0.6) is 0 Å². The molecule has 1 unspecified atom stereocenters. The number of rotatable bonds is 2. The third kappa shape index (κ3) is 2.84. The Balaban J connectivity index is 1.47. The molecule has 1 saturated heterocycles. The molecule has 3 fully saturated rings. The minimum Gasteiger partial charge on any atom is -0.312 e. The molecule has 1 aromatic rings. The predicted octanol–water partition coefficient (Wildman–Crippen LogP) is 5.77. The van der Waals surface area contributed by atoms with Crippen molar-refractivity contribution in [2.24, 2.45) is 28.6 Å². The van der Waals surface area contributed by atoms with Crippen molar-refractivity contribution in [1.82, 2.24) is 4.90 Å². The summed E-state index contributed by atoms with van der Waals surface area (Å²) in [6, 6.07) is 7.83. The standard InChI is InChI=1S/C25H30ClNO2/c1-24-14-12-23(29)27(15-16-3-5-17(26)6-4-16)21(24)9-7-18-19-8-10-22(28)25(19,2)13-11-20(18)24/h3-6,9,18-20H,7-8,10-15H2,1-2H3/t18-,19-,20?,24+,25-/m0/s1. The molecule has 154 valence electrons. The zero-order valence-electron chi connectivity index (χ0n) is 17.4. The number of benzene rings is 1. The largest absolute Gasteiger partial charge is 0.312 e. The van der Waals surface area contributed by atoms with Gasteiger partial charge in [0.15, 0.2) is 0 Å². The second kappa shape index (κ2) is 6.70. The summed E-state index contributed by atoms with van der Waals surface area (Å²) in [6.07, 6.45) is 8.86. The Labute approximate surface area is 178 Å². The van der Waals surface area contributed by atoms with Crippen LogP contribution in [-0.2, 0) is 16.1 Å². The second-order valence-corrected chi connectivity index (χ2v) is 10.6. The highest BCUT2D eigenvalue weighted by molar-refractivity contribution is 6.30. The van der Waals surface area contributed by atoms with Crippen LogP contribution < -0.4 is 0 Å². The molecule has 4 aliphatic rings. The summed E-state index contributed by atoms with van der Waals surface area (Å²) in [5.41, 5.74) is 2.29. The number of Topliss-reactive ketones (excluding diaryl/α,β-unsaturated/α-hetero) is 1. The molecule has 0 N–H and O–H groups in total. The van der Waals surface area contributed by atoms with Crippen LogP contribution in [0.4, 0.5) is 0 Å². The molecule has 3 aliphatic carbocycles. The van der Waals surface area contributed by atoms with E-state index in [1.165, 1.54) is 5.70 Å². The third-order valence-corrected chi connectivity index (χ3v) is 9.09. The van der Waals surface area contributed by atoms with E-state index in [0.29, 0.717) is 36.5 Å². The molecule has 0 radical (unpaired) electrons. The van der Waals surface area contributed by atoms with E-state index >= 15 is 0 Å². The summed E-state index contributed by atoms with van der Waals surface area (Å²) in [4.78, 5) is 27.6. The number of hydrogen-bond donors (Lipinski definition) is 0. The van der Waals surface area contributed by atoms with Gasteiger partial charge in [0.1, 0.15) is 5.78 Å². The Bertz CT molecular complexity index is 891. The molecule has 2 saturated carbocycles. The second-order valence-electron chi connectivity index (χ2n) is 10.1. The van der Waals surface area contributed by atoms with Crippen LogP contribution in [-0.4, -0.2) is 16.6 Å². The molecule has 1 aliphatic heterocycles. The van der Waals surface area contributed by atoms with Crippen LogP contribution in [0.1, 0.15) is 64.4 Å².